The Morgan fingerprint density at radius 3 is 1.00 bits per heavy atom. The van der Waals surface area contributed by atoms with Gasteiger partial charge >= 0.3 is 65.6 Å². The standard InChI is InChI=1S/2Co.2H2O.2O.Zn/h;;2*1H2;;;/q;;;;;;+2/p-2. The largest absolute Gasteiger partial charge is 2.00 e. The van der Waals surface area contributed by atoms with Gasteiger partial charge in [0.25, 0.3) is 0 Å². The Morgan fingerprint density at radius 2 is 1.00 bits per heavy atom. The molecular formula is H2Co2O4Zn. The molecule has 46 valence electrons. The monoisotopic (exact) mass is 248 g/mol. The molecular weight excluding hydrogens is 247 g/mol. The molecule has 7 heavy (non-hydrogen) atoms. The molecule has 0 atom stereocenters. The van der Waals surface area contributed by atoms with Crippen LogP contribution in [0.25, 0.3) is 0 Å². The third-order valence-corrected chi connectivity index (χ3v) is 0. The fourth-order valence-corrected chi connectivity index (χ4v) is 0. The molecule has 0 fully saturated rings. The van der Waals surface area contributed by atoms with Gasteiger partial charge in [0, 0.05) is 0 Å². The van der Waals surface area contributed by atoms with Gasteiger partial charge in [0.1, 0.15) is 0 Å². The fourth-order valence-electron chi connectivity index (χ4n) is 0. The van der Waals surface area contributed by atoms with Gasteiger partial charge in [-0.05, 0) is 0 Å². The average molecular weight is 249 g/mol. The first-order chi connectivity index (χ1) is 2.83. The van der Waals surface area contributed by atoms with Crippen LogP contribution >= 0.6 is 0 Å². The SMILES string of the molecule is [O]=[Co-][OH].[O]=[Co-][OH].[Zn+2]. The maximum atomic E-state index is 8.45. The Hall–Kier alpha value is 1.16. The van der Waals surface area contributed by atoms with E-state index in [1.807, 2.05) is 0 Å². The molecule has 0 aromatic heterocycles. The molecule has 7 heteroatoms. The molecule has 0 rings (SSSR count). The van der Waals surface area contributed by atoms with E-state index in [0.717, 1.165) is 0 Å². The maximum absolute atomic E-state index is 8.45. The molecule has 0 saturated heterocycles. The summed E-state index contributed by atoms with van der Waals surface area (Å²) in [6.45, 7) is 0. The van der Waals surface area contributed by atoms with Crippen molar-refractivity contribution in [1.29, 1.82) is 0 Å². The minimum absolute atomic E-state index is 0. The first-order valence-corrected chi connectivity index (χ1v) is 2.35. The van der Waals surface area contributed by atoms with Crippen LogP contribution in [0.4, 0.5) is 0 Å². The minimum Gasteiger partial charge on any atom is 2.00 e. The van der Waals surface area contributed by atoms with Crippen molar-refractivity contribution in [2.75, 3.05) is 0 Å². The van der Waals surface area contributed by atoms with Crippen LogP contribution in [0.15, 0.2) is 0 Å². The van der Waals surface area contributed by atoms with Crippen molar-refractivity contribution < 1.29 is 65.6 Å². The molecule has 0 radical (unpaired) electrons. The van der Waals surface area contributed by atoms with Crippen molar-refractivity contribution in [2.45, 2.75) is 0 Å². The molecule has 2 N–H and O–H groups in total. The van der Waals surface area contributed by atoms with Gasteiger partial charge in [-0.25, -0.2) is 0 Å². The first kappa shape index (κ1) is 15.7. The summed E-state index contributed by atoms with van der Waals surface area (Å²) in [5.41, 5.74) is 0. The van der Waals surface area contributed by atoms with Crippen LogP contribution in [0.5, 0.6) is 0 Å². The van der Waals surface area contributed by atoms with E-state index in [4.69, 9.17) is 16.2 Å². The van der Waals surface area contributed by atoms with Gasteiger partial charge in [-0.2, -0.15) is 0 Å². The molecule has 0 aliphatic heterocycles. The zero-order valence-electron chi connectivity index (χ0n) is 3.08. The molecule has 0 aliphatic rings. The van der Waals surface area contributed by atoms with Gasteiger partial charge in [-0.15, -0.1) is 0 Å². The normalized spacial score (nSPS) is 6.00. The van der Waals surface area contributed by atoms with Gasteiger partial charge < -0.3 is 0 Å². The van der Waals surface area contributed by atoms with E-state index in [1.54, 1.807) is 0 Å². The van der Waals surface area contributed by atoms with Crippen LogP contribution in [0.2, 0.25) is 0 Å². The molecule has 0 aromatic rings. The number of hydrogen-bond donors (Lipinski definition) is 2. The van der Waals surface area contributed by atoms with Crippen LogP contribution in [-0.2, 0) is 57.1 Å². The maximum Gasteiger partial charge on any atom is 2.00 e. The number of hydrogen-bond acceptors (Lipinski definition) is 2. The fraction of sp³-hybridized carbons (Fsp3) is 0. The molecule has 0 unspecified atom stereocenters. The van der Waals surface area contributed by atoms with Gasteiger partial charge in [0.2, 0.25) is 0 Å². The van der Waals surface area contributed by atoms with Gasteiger partial charge in [0.15, 0.2) is 0 Å². The second kappa shape index (κ2) is 27.2. The van der Waals surface area contributed by atoms with E-state index in [9.17, 15) is 0 Å². The summed E-state index contributed by atoms with van der Waals surface area (Å²) < 4.78 is 30.9. The molecule has 0 spiro atoms. The Bertz CT molecular complexity index is 30.7. The van der Waals surface area contributed by atoms with Crippen LogP contribution in [-0.4, -0.2) is 8.44 Å². The molecule has 4 nitrogen and oxygen atoms in total. The Labute approximate surface area is 65.4 Å². The predicted octanol–water partition coefficient (Wildman–Crippen LogP) is -1.36. The smallest absolute Gasteiger partial charge is 2.00 e. The van der Waals surface area contributed by atoms with E-state index in [1.165, 1.54) is 0 Å². The molecule has 0 heterocycles. The third-order valence-electron chi connectivity index (χ3n) is 0. The van der Waals surface area contributed by atoms with Gasteiger partial charge in [0.05, 0.1) is 0 Å². The van der Waals surface area contributed by atoms with E-state index in [-0.39, 0.29) is 19.5 Å². The van der Waals surface area contributed by atoms with Crippen molar-refractivity contribution in [2.24, 2.45) is 0 Å². The minimum atomic E-state index is -0.812. The van der Waals surface area contributed by atoms with E-state index in [0.29, 0.717) is 0 Å². The van der Waals surface area contributed by atoms with Crippen molar-refractivity contribution in [3.8, 4) is 0 Å². The summed E-state index contributed by atoms with van der Waals surface area (Å²) in [4.78, 5) is 0. The summed E-state index contributed by atoms with van der Waals surface area (Å²) in [6, 6.07) is 0. The number of rotatable bonds is 0. The van der Waals surface area contributed by atoms with Crippen molar-refractivity contribution >= 4 is 0 Å². The quantitative estimate of drug-likeness (QED) is 0.520. The summed E-state index contributed by atoms with van der Waals surface area (Å²) in [7, 11) is 0. The zero-order valence-corrected chi connectivity index (χ0v) is 8.13. The molecule has 0 amide bonds. The zero-order chi connectivity index (χ0) is 5.41. The average Bonchev–Trinajstić information content (AvgIpc) is 1.39. The van der Waals surface area contributed by atoms with Gasteiger partial charge in [-0.1, -0.05) is 0 Å². The van der Waals surface area contributed by atoms with Crippen LogP contribution in [0.1, 0.15) is 0 Å². The van der Waals surface area contributed by atoms with Crippen LogP contribution in [0, 0.1) is 0 Å². The first-order valence-electron chi connectivity index (χ1n) is 0.570. The van der Waals surface area contributed by atoms with Gasteiger partial charge in [-0.3, -0.25) is 0 Å². The van der Waals surface area contributed by atoms with Crippen molar-refractivity contribution in [3.05, 3.63) is 0 Å². The van der Waals surface area contributed by atoms with Crippen molar-refractivity contribution in [1.82, 2.24) is 0 Å². The predicted molar refractivity (Wildman–Crippen MR) is 5.81 cm³/mol. The third kappa shape index (κ3) is 142. The Balaban J connectivity index is -0.0000000400. The van der Waals surface area contributed by atoms with Crippen LogP contribution in [0.3, 0.4) is 0 Å². The molecule has 0 aliphatic carbocycles. The molecule has 0 aromatic carbocycles. The topological polar surface area (TPSA) is 74.6 Å². The van der Waals surface area contributed by atoms with Crippen LogP contribution < -0.4 is 0 Å². The van der Waals surface area contributed by atoms with Crippen molar-refractivity contribution in [3.63, 3.8) is 0 Å². The summed E-state index contributed by atoms with van der Waals surface area (Å²) in [5.74, 6) is 0. The summed E-state index contributed by atoms with van der Waals surface area (Å²) in [6.07, 6.45) is 0. The molecule has 0 saturated carbocycles. The second-order valence-corrected chi connectivity index (χ2v) is 0.502. The van der Waals surface area contributed by atoms with E-state index < -0.39 is 29.9 Å². The Kier molecular flexibility index (Phi) is 61.1. The molecule has 0 bridgehead atoms. The van der Waals surface area contributed by atoms with E-state index in [2.05, 4.69) is 0 Å². The summed E-state index contributed by atoms with van der Waals surface area (Å²) >= 11 is -1.62. The van der Waals surface area contributed by atoms with E-state index >= 15 is 0 Å². The Morgan fingerprint density at radius 1 is 1.00 bits per heavy atom. The summed E-state index contributed by atoms with van der Waals surface area (Å²) in [5, 5.41) is 0. The second-order valence-electron chi connectivity index (χ2n) is 0.122.